The minimum Gasteiger partial charge on any atom is -0.481 e. The van der Waals surface area contributed by atoms with Gasteiger partial charge in [0, 0.05) is 12.7 Å². The van der Waals surface area contributed by atoms with Gasteiger partial charge >= 0.3 is 5.97 Å². The monoisotopic (exact) mass is 327 g/mol. The first kappa shape index (κ1) is 16.1. The van der Waals surface area contributed by atoms with Crippen molar-refractivity contribution in [1.82, 2.24) is 14.5 Å². The van der Waals surface area contributed by atoms with Crippen molar-refractivity contribution in [2.45, 2.75) is 38.4 Å². The Kier molecular flexibility index (Phi) is 5.47. The molecular formula is C14H18ClN3O2S. The maximum atomic E-state index is 10.8. The molecule has 0 aromatic carbocycles. The molecule has 0 amide bonds. The average Bonchev–Trinajstić information content (AvgIpc) is 2.73. The Bertz CT molecular complexity index is 642. The summed E-state index contributed by atoms with van der Waals surface area (Å²) in [4.78, 5) is 19.6. The van der Waals surface area contributed by atoms with Crippen molar-refractivity contribution in [3.8, 4) is 0 Å². The van der Waals surface area contributed by atoms with Crippen LogP contribution in [0.4, 0.5) is 0 Å². The van der Waals surface area contributed by atoms with Crippen LogP contribution >= 0.6 is 23.4 Å². The lowest BCUT2D eigenvalue weighted by atomic mass is 10.1. The van der Waals surface area contributed by atoms with Crippen molar-refractivity contribution < 1.29 is 9.90 Å². The van der Waals surface area contributed by atoms with Crippen LogP contribution in [0.5, 0.6) is 0 Å². The molecule has 0 saturated carbocycles. The molecule has 7 heteroatoms. The summed E-state index contributed by atoms with van der Waals surface area (Å²) in [5.74, 6) is -0.231. The third-order valence-corrected chi connectivity index (χ3v) is 4.17. The molecule has 21 heavy (non-hydrogen) atoms. The zero-order valence-electron chi connectivity index (χ0n) is 12.0. The van der Waals surface area contributed by atoms with Crippen molar-refractivity contribution in [2.75, 3.05) is 5.75 Å². The second-order valence-electron chi connectivity index (χ2n) is 5.26. The second kappa shape index (κ2) is 7.13. The summed E-state index contributed by atoms with van der Waals surface area (Å²) in [7, 11) is 0. The van der Waals surface area contributed by atoms with Gasteiger partial charge < -0.3 is 9.67 Å². The molecule has 0 unspecified atom stereocenters. The number of hydrogen-bond donors (Lipinski definition) is 1. The third-order valence-electron chi connectivity index (χ3n) is 3.00. The van der Waals surface area contributed by atoms with Crippen molar-refractivity contribution in [3.63, 3.8) is 0 Å². The summed E-state index contributed by atoms with van der Waals surface area (Å²) in [6, 6.07) is 1.76. The van der Waals surface area contributed by atoms with Crippen LogP contribution < -0.4 is 0 Å². The summed E-state index contributed by atoms with van der Waals surface area (Å²) in [5.41, 5.74) is 1.47. The minimum absolute atomic E-state index is 0.0127. The minimum atomic E-state index is -0.855. The quantitative estimate of drug-likeness (QED) is 0.785. The molecule has 114 valence electrons. The van der Waals surface area contributed by atoms with Crippen LogP contribution in [-0.4, -0.2) is 31.4 Å². The normalized spacial score (nSPS) is 11.4. The van der Waals surface area contributed by atoms with Crippen LogP contribution in [0.25, 0.3) is 11.2 Å². The SMILES string of the molecule is CC(C)CCCn1c(SCC(=O)O)nc2cc(Cl)cnc21. The molecule has 0 aliphatic rings. The predicted octanol–water partition coefficient (Wildman–Crippen LogP) is 3.70. The van der Waals surface area contributed by atoms with Gasteiger partial charge in [-0.2, -0.15) is 0 Å². The lowest BCUT2D eigenvalue weighted by molar-refractivity contribution is -0.133. The molecule has 5 nitrogen and oxygen atoms in total. The number of halogens is 1. The van der Waals surface area contributed by atoms with Gasteiger partial charge in [0.2, 0.25) is 0 Å². The molecule has 2 rings (SSSR count). The van der Waals surface area contributed by atoms with Gasteiger partial charge in [-0.25, -0.2) is 9.97 Å². The predicted molar refractivity (Wildman–Crippen MR) is 85.0 cm³/mol. The first-order valence-corrected chi connectivity index (χ1v) is 8.20. The number of aromatic nitrogens is 3. The Morgan fingerprint density at radius 2 is 2.29 bits per heavy atom. The number of hydrogen-bond acceptors (Lipinski definition) is 4. The Labute approximate surface area is 132 Å². The van der Waals surface area contributed by atoms with E-state index in [1.807, 2.05) is 4.57 Å². The topological polar surface area (TPSA) is 68.0 Å². The van der Waals surface area contributed by atoms with Gasteiger partial charge in [0.05, 0.1) is 10.8 Å². The Balaban J connectivity index is 2.27. The van der Waals surface area contributed by atoms with Crippen LogP contribution in [-0.2, 0) is 11.3 Å². The van der Waals surface area contributed by atoms with Crippen LogP contribution in [0.2, 0.25) is 5.02 Å². The molecule has 2 aromatic rings. The molecule has 2 heterocycles. The molecule has 1 N–H and O–H groups in total. The summed E-state index contributed by atoms with van der Waals surface area (Å²) in [6.07, 6.45) is 3.71. The van der Waals surface area contributed by atoms with Crippen LogP contribution in [0.3, 0.4) is 0 Å². The highest BCUT2D eigenvalue weighted by Gasteiger charge is 2.14. The summed E-state index contributed by atoms with van der Waals surface area (Å²) in [6.45, 7) is 5.15. The average molecular weight is 328 g/mol. The van der Waals surface area contributed by atoms with E-state index < -0.39 is 5.97 Å². The molecule has 0 spiro atoms. The standard InChI is InChI=1S/C14H18ClN3O2S/c1-9(2)4-3-5-18-13-11(6-10(15)7-16-13)17-14(18)21-8-12(19)20/h6-7,9H,3-5,8H2,1-2H3,(H,19,20). The van der Waals surface area contributed by atoms with Crippen molar-refractivity contribution in [2.24, 2.45) is 5.92 Å². The Hall–Kier alpha value is -1.27. The van der Waals surface area contributed by atoms with E-state index in [0.29, 0.717) is 21.6 Å². The van der Waals surface area contributed by atoms with Gasteiger partial charge in [0.15, 0.2) is 10.8 Å². The van der Waals surface area contributed by atoms with E-state index in [2.05, 4.69) is 23.8 Å². The van der Waals surface area contributed by atoms with E-state index in [-0.39, 0.29) is 5.75 Å². The number of fused-ring (bicyclic) bond motifs is 1. The van der Waals surface area contributed by atoms with Crippen molar-refractivity contribution >= 4 is 40.5 Å². The molecule has 0 atom stereocenters. The fourth-order valence-electron chi connectivity index (χ4n) is 2.06. The molecular weight excluding hydrogens is 310 g/mol. The maximum Gasteiger partial charge on any atom is 0.313 e. The number of rotatable bonds is 7. The van der Waals surface area contributed by atoms with E-state index in [0.717, 1.165) is 25.0 Å². The number of carbonyl (C=O) groups is 1. The van der Waals surface area contributed by atoms with Gasteiger partial charge in [-0.15, -0.1) is 0 Å². The molecule has 0 aliphatic heterocycles. The highest BCUT2D eigenvalue weighted by atomic mass is 35.5. The van der Waals surface area contributed by atoms with E-state index in [9.17, 15) is 4.79 Å². The Morgan fingerprint density at radius 3 is 2.95 bits per heavy atom. The summed E-state index contributed by atoms with van der Waals surface area (Å²) in [5, 5.41) is 10.1. The number of nitrogens with zero attached hydrogens (tertiary/aromatic N) is 3. The number of pyridine rings is 1. The fourth-order valence-corrected chi connectivity index (χ4v) is 2.96. The Morgan fingerprint density at radius 1 is 1.52 bits per heavy atom. The number of imidazole rings is 1. The fraction of sp³-hybridized carbons (Fsp3) is 0.500. The zero-order chi connectivity index (χ0) is 15.4. The molecule has 0 bridgehead atoms. The maximum absolute atomic E-state index is 10.8. The smallest absolute Gasteiger partial charge is 0.313 e. The molecule has 0 fully saturated rings. The zero-order valence-corrected chi connectivity index (χ0v) is 13.6. The van der Waals surface area contributed by atoms with Gasteiger partial charge in [-0.1, -0.05) is 37.2 Å². The second-order valence-corrected chi connectivity index (χ2v) is 6.64. The summed E-state index contributed by atoms with van der Waals surface area (Å²) >= 11 is 7.16. The van der Waals surface area contributed by atoms with Crippen molar-refractivity contribution in [3.05, 3.63) is 17.3 Å². The lowest BCUT2D eigenvalue weighted by Crippen LogP contribution is -2.05. The number of carboxylic acid groups (broad SMARTS) is 1. The van der Waals surface area contributed by atoms with Gasteiger partial charge in [-0.05, 0) is 24.8 Å². The van der Waals surface area contributed by atoms with Crippen LogP contribution in [0.15, 0.2) is 17.4 Å². The van der Waals surface area contributed by atoms with Crippen LogP contribution in [0, 0.1) is 5.92 Å². The van der Waals surface area contributed by atoms with E-state index in [1.165, 1.54) is 11.8 Å². The lowest BCUT2D eigenvalue weighted by Gasteiger charge is -2.09. The highest BCUT2D eigenvalue weighted by molar-refractivity contribution is 7.99. The van der Waals surface area contributed by atoms with E-state index in [1.54, 1.807) is 12.3 Å². The largest absolute Gasteiger partial charge is 0.481 e. The van der Waals surface area contributed by atoms with Crippen molar-refractivity contribution in [1.29, 1.82) is 0 Å². The number of aliphatic carboxylic acids is 1. The first-order chi connectivity index (χ1) is 9.97. The molecule has 2 aromatic heterocycles. The number of carboxylic acids is 1. The highest BCUT2D eigenvalue weighted by Crippen LogP contribution is 2.25. The summed E-state index contributed by atoms with van der Waals surface area (Å²) < 4.78 is 1.99. The molecule has 0 radical (unpaired) electrons. The number of thioether (sulfide) groups is 1. The van der Waals surface area contributed by atoms with Crippen LogP contribution in [0.1, 0.15) is 26.7 Å². The van der Waals surface area contributed by atoms with Gasteiger partial charge in [0.25, 0.3) is 0 Å². The van der Waals surface area contributed by atoms with E-state index in [4.69, 9.17) is 16.7 Å². The first-order valence-electron chi connectivity index (χ1n) is 6.83. The third kappa shape index (κ3) is 4.35. The molecule has 0 saturated heterocycles. The van der Waals surface area contributed by atoms with E-state index >= 15 is 0 Å². The van der Waals surface area contributed by atoms with Gasteiger partial charge in [0.1, 0.15) is 5.52 Å². The molecule has 0 aliphatic carbocycles. The van der Waals surface area contributed by atoms with Gasteiger partial charge in [-0.3, -0.25) is 4.79 Å². The number of aryl methyl sites for hydroxylation is 1.